The average molecular weight is 436 g/mol. The molecule has 32 heavy (non-hydrogen) atoms. The lowest BCUT2D eigenvalue weighted by molar-refractivity contribution is -0.143. The van der Waals surface area contributed by atoms with Crippen molar-refractivity contribution in [2.24, 2.45) is 0 Å². The zero-order chi connectivity index (χ0) is 23.3. The maximum absolute atomic E-state index is 12.9. The molecule has 0 fully saturated rings. The van der Waals surface area contributed by atoms with Crippen LogP contribution in [0.5, 0.6) is 11.5 Å². The first kappa shape index (κ1) is 23.1. The van der Waals surface area contributed by atoms with Crippen LogP contribution in [0.4, 0.5) is 0 Å². The van der Waals surface area contributed by atoms with Gasteiger partial charge in [-0.2, -0.15) is 0 Å². The molecule has 0 heterocycles. The fourth-order valence-corrected chi connectivity index (χ4v) is 3.25. The predicted octanol–water partition coefficient (Wildman–Crippen LogP) is 5.01. The van der Waals surface area contributed by atoms with Crippen LogP contribution in [0.25, 0.3) is 10.8 Å². The highest BCUT2D eigenvalue weighted by molar-refractivity contribution is 6.05. The van der Waals surface area contributed by atoms with E-state index in [1.54, 1.807) is 6.07 Å². The van der Waals surface area contributed by atoms with Crippen LogP contribution in [0.3, 0.4) is 0 Å². The molecule has 0 atom stereocenters. The van der Waals surface area contributed by atoms with Crippen molar-refractivity contribution in [3.63, 3.8) is 0 Å². The van der Waals surface area contributed by atoms with Crippen LogP contribution in [0.2, 0.25) is 0 Å². The van der Waals surface area contributed by atoms with Crippen molar-refractivity contribution in [1.29, 1.82) is 0 Å². The second kappa shape index (κ2) is 9.73. The van der Waals surface area contributed by atoms with Crippen LogP contribution in [-0.4, -0.2) is 35.7 Å². The summed E-state index contributed by atoms with van der Waals surface area (Å²) in [4.78, 5) is 24.3. The number of rotatable bonds is 9. The Morgan fingerprint density at radius 3 is 2.41 bits per heavy atom. The smallest absolute Gasteiger partial charge is 0.328 e. The van der Waals surface area contributed by atoms with Crippen LogP contribution < -0.4 is 14.8 Å². The highest BCUT2D eigenvalue weighted by Crippen LogP contribution is 2.30. The molecule has 6 heteroatoms. The third kappa shape index (κ3) is 5.38. The Hall–Kier alpha value is -3.54. The first-order valence-corrected chi connectivity index (χ1v) is 10.6. The van der Waals surface area contributed by atoms with E-state index in [-0.39, 0.29) is 12.2 Å². The third-order valence-electron chi connectivity index (χ3n) is 5.21. The SMILES string of the molecule is CC(C)c1cccc(OCCOc2c(C(=O)NC(C)(C)C(=O)O)ccc3ccccc23)c1. The summed E-state index contributed by atoms with van der Waals surface area (Å²) >= 11 is 0. The minimum Gasteiger partial charge on any atom is -0.490 e. The number of nitrogens with one attached hydrogen (secondary N) is 1. The third-order valence-corrected chi connectivity index (χ3v) is 5.21. The van der Waals surface area contributed by atoms with E-state index in [1.165, 1.54) is 19.4 Å². The lowest BCUT2D eigenvalue weighted by Gasteiger charge is -2.22. The molecular formula is C26H29NO5. The van der Waals surface area contributed by atoms with Gasteiger partial charge in [0, 0.05) is 5.39 Å². The first-order valence-electron chi connectivity index (χ1n) is 10.6. The van der Waals surface area contributed by atoms with Gasteiger partial charge in [0.2, 0.25) is 0 Å². The highest BCUT2D eigenvalue weighted by atomic mass is 16.5. The zero-order valence-electron chi connectivity index (χ0n) is 18.8. The van der Waals surface area contributed by atoms with Crippen LogP contribution in [0, 0.1) is 0 Å². The number of carboxylic acid groups (broad SMARTS) is 1. The summed E-state index contributed by atoms with van der Waals surface area (Å²) in [5.41, 5.74) is 0.0576. The van der Waals surface area contributed by atoms with E-state index in [1.807, 2.05) is 48.5 Å². The number of fused-ring (bicyclic) bond motifs is 1. The number of carbonyl (C=O) groups is 2. The van der Waals surface area contributed by atoms with Gasteiger partial charge in [-0.15, -0.1) is 0 Å². The monoisotopic (exact) mass is 435 g/mol. The van der Waals surface area contributed by atoms with Crippen molar-refractivity contribution in [1.82, 2.24) is 5.32 Å². The molecule has 0 aliphatic heterocycles. The minimum atomic E-state index is -1.41. The number of aliphatic carboxylic acids is 1. The molecule has 6 nitrogen and oxygen atoms in total. The molecule has 0 radical (unpaired) electrons. The van der Waals surface area contributed by atoms with Crippen LogP contribution >= 0.6 is 0 Å². The van der Waals surface area contributed by atoms with Gasteiger partial charge in [0.25, 0.3) is 5.91 Å². The lowest BCUT2D eigenvalue weighted by Crippen LogP contribution is -2.49. The Balaban J connectivity index is 1.78. The molecule has 0 saturated carbocycles. The highest BCUT2D eigenvalue weighted by Gasteiger charge is 2.30. The molecule has 0 aromatic heterocycles. The van der Waals surface area contributed by atoms with Crippen LogP contribution in [0.1, 0.15) is 49.5 Å². The van der Waals surface area contributed by atoms with Gasteiger partial charge in [-0.25, -0.2) is 4.79 Å². The fraction of sp³-hybridized carbons (Fsp3) is 0.308. The number of carbonyl (C=O) groups excluding carboxylic acids is 1. The van der Waals surface area contributed by atoms with E-state index < -0.39 is 17.4 Å². The molecule has 0 unspecified atom stereocenters. The van der Waals surface area contributed by atoms with Gasteiger partial charge in [0.1, 0.15) is 30.3 Å². The van der Waals surface area contributed by atoms with Gasteiger partial charge in [-0.05, 0) is 48.9 Å². The molecule has 0 spiro atoms. The molecule has 168 valence electrons. The van der Waals surface area contributed by atoms with Crippen LogP contribution in [0.15, 0.2) is 60.7 Å². The molecule has 3 aromatic carbocycles. The van der Waals surface area contributed by atoms with E-state index in [2.05, 4.69) is 25.2 Å². The Bertz CT molecular complexity index is 1120. The Morgan fingerprint density at radius 1 is 0.969 bits per heavy atom. The molecule has 0 aliphatic carbocycles. The average Bonchev–Trinajstić information content (AvgIpc) is 2.76. The maximum Gasteiger partial charge on any atom is 0.328 e. The van der Waals surface area contributed by atoms with Gasteiger partial charge < -0.3 is 19.9 Å². The number of ether oxygens (including phenoxy) is 2. The Morgan fingerprint density at radius 2 is 1.69 bits per heavy atom. The molecular weight excluding hydrogens is 406 g/mol. The van der Waals surface area contributed by atoms with Crippen molar-refractivity contribution in [3.8, 4) is 11.5 Å². The summed E-state index contributed by atoms with van der Waals surface area (Å²) in [6, 6.07) is 19.0. The number of hydrogen-bond donors (Lipinski definition) is 2. The maximum atomic E-state index is 12.9. The predicted molar refractivity (Wildman–Crippen MR) is 125 cm³/mol. The number of benzene rings is 3. The molecule has 0 bridgehead atoms. The topological polar surface area (TPSA) is 84.9 Å². The summed E-state index contributed by atoms with van der Waals surface area (Å²) in [6.07, 6.45) is 0. The van der Waals surface area contributed by atoms with Crippen molar-refractivity contribution in [2.75, 3.05) is 13.2 Å². The Labute approximate surface area is 188 Å². The number of carboxylic acids is 1. The van der Waals surface area contributed by atoms with Crippen molar-refractivity contribution >= 4 is 22.6 Å². The summed E-state index contributed by atoms with van der Waals surface area (Å²) in [7, 11) is 0. The molecule has 1 amide bonds. The summed E-state index contributed by atoms with van der Waals surface area (Å²) < 4.78 is 11.9. The number of amides is 1. The summed E-state index contributed by atoms with van der Waals surface area (Å²) in [5, 5.41) is 13.6. The Kier molecular flexibility index (Phi) is 7.03. The standard InChI is InChI=1S/C26H29NO5/c1-17(2)19-9-7-10-20(16-19)31-14-15-32-23-21-11-6-5-8-18(21)12-13-22(23)24(28)27-26(3,4)25(29)30/h5-13,16-17H,14-15H2,1-4H3,(H,27,28)(H,29,30). The minimum absolute atomic E-state index is 0.225. The molecule has 3 rings (SSSR count). The van der Waals surface area contributed by atoms with Crippen molar-refractivity contribution < 1.29 is 24.2 Å². The zero-order valence-corrected chi connectivity index (χ0v) is 18.8. The van der Waals surface area contributed by atoms with Crippen molar-refractivity contribution in [3.05, 3.63) is 71.8 Å². The lowest BCUT2D eigenvalue weighted by atomic mass is 10.0. The first-order chi connectivity index (χ1) is 15.2. The van der Waals surface area contributed by atoms with Gasteiger partial charge in [-0.1, -0.05) is 56.3 Å². The fourth-order valence-electron chi connectivity index (χ4n) is 3.25. The van der Waals surface area contributed by atoms with Crippen molar-refractivity contribution in [2.45, 2.75) is 39.2 Å². The summed E-state index contributed by atoms with van der Waals surface area (Å²) in [5.74, 6) is -0.0586. The molecule has 0 aliphatic rings. The van der Waals surface area contributed by atoms with E-state index >= 15 is 0 Å². The second-order valence-electron chi connectivity index (χ2n) is 8.47. The van der Waals surface area contributed by atoms with Gasteiger partial charge in [0.15, 0.2) is 0 Å². The molecule has 3 aromatic rings. The van der Waals surface area contributed by atoms with E-state index in [0.717, 1.165) is 16.5 Å². The quantitative estimate of drug-likeness (QED) is 0.461. The number of hydrogen-bond acceptors (Lipinski definition) is 4. The largest absolute Gasteiger partial charge is 0.490 e. The van der Waals surface area contributed by atoms with Gasteiger partial charge >= 0.3 is 5.97 Å². The van der Waals surface area contributed by atoms with E-state index in [4.69, 9.17) is 9.47 Å². The second-order valence-corrected chi connectivity index (χ2v) is 8.47. The van der Waals surface area contributed by atoms with E-state index in [9.17, 15) is 14.7 Å². The summed E-state index contributed by atoms with van der Waals surface area (Å²) in [6.45, 7) is 7.65. The van der Waals surface area contributed by atoms with Gasteiger partial charge in [0.05, 0.1) is 5.56 Å². The van der Waals surface area contributed by atoms with Crippen LogP contribution in [-0.2, 0) is 4.79 Å². The molecule has 0 saturated heterocycles. The molecule has 2 N–H and O–H groups in total. The van der Waals surface area contributed by atoms with Gasteiger partial charge in [-0.3, -0.25) is 4.79 Å². The van der Waals surface area contributed by atoms with E-state index in [0.29, 0.717) is 18.3 Å². The normalized spacial score (nSPS) is 11.4.